The van der Waals surface area contributed by atoms with Crippen molar-refractivity contribution in [2.75, 3.05) is 0 Å². The van der Waals surface area contributed by atoms with Gasteiger partial charge in [-0.2, -0.15) is 0 Å². The summed E-state index contributed by atoms with van der Waals surface area (Å²) in [5.74, 6) is -1.54. The first-order chi connectivity index (χ1) is 9.50. The molecule has 0 fully saturated rings. The average molecular weight is 309 g/mol. The maximum absolute atomic E-state index is 12.4. The summed E-state index contributed by atoms with van der Waals surface area (Å²) in [6.45, 7) is 0. The largest absolute Gasteiger partial charge is 0.447 e. The van der Waals surface area contributed by atoms with E-state index >= 15 is 0 Å². The molecule has 0 N–H and O–H groups in total. The highest BCUT2D eigenvalue weighted by molar-refractivity contribution is 6.49. The minimum Gasteiger partial charge on any atom is -0.447 e. The molecule has 6 heteroatoms. The van der Waals surface area contributed by atoms with E-state index in [0.717, 1.165) is 6.08 Å². The molecule has 2 aliphatic rings. The van der Waals surface area contributed by atoms with Gasteiger partial charge in [-0.25, -0.2) is 4.79 Å². The molecule has 4 nitrogen and oxygen atoms in total. The van der Waals surface area contributed by atoms with Gasteiger partial charge in [0.05, 0.1) is 5.03 Å². The zero-order valence-electron chi connectivity index (χ0n) is 9.85. The Hall–Kier alpha value is -1.91. The summed E-state index contributed by atoms with van der Waals surface area (Å²) in [6, 6.07) is 6.42. The smallest absolute Gasteiger partial charge is 0.352 e. The Morgan fingerprint density at radius 1 is 1.00 bits per heavy atom. The monoisotopic (exact) mass is 308 g/mol. The fourth-order valence-electron chi connectivity index (χ4n) is 2.15. The molecular formula is C14H6Cl2O4. The number of fused-ring (bicyclic) bond motifs is 1. The van der Waals surface area contributed by atoms with Gasteiger partial charge < -0.3 is 4.74 Å². The molecule has 0 spiro atoms. The molecule has 0 radical (unpaired) electrons. The van der Waals surface area contributed by atoms with Gasteiger partial charge >= 0.3 is 5.97 Å². The molecule has 0 bridgehead atoms. The van der Waals surface area contributed by atoms with Crippen LogP contribution in [-0.2, 0) is 9.53 Å². The molecule has 1 aromatic carbocycles. The number of hydrogen-bond acceptors (Lipinski definition) is 4. The van der Waals surface area contributed by atoms with Gasteiger partial charge in [0.15, 0.2) is 17.7 Å². The summed E-state index contributed by atoms with van der Waals surface area (Å²) in [7, 11) is 0. The second-order valence-electron chi connectivity index (χ2n) is 4.29. The Morgan fingerprint density at radius 3 is 2.25 bits per heavy atom. The number of cyclic esters (lactones) is 1. The van der Waals surface area contributed by atoms with Crippen LogP contribution in [0.5, 0.6) is 0 Å². The number of rotatable bonds is 1. The van der Waals surface area contributed by atoms with Crippen molar-refractivity contribution in [1.82, 2.24) is 0 Å². The van der Waals surface area contributed by atoms with Crippen LogP contribution in [0.3, 0.4) is 0 Å². The lowest BCUT2D eigenvalue weighted by atomic mass is 9.87. The van der Waals surface area contributed by atoms with Crippen molar-refractivity contribution in [1.29, 1.82) is 0 Å². The minimum atomic E-state index is -1.11. The van der Waals surface area contributed by atoms with E-state index in [1.165, 1.54) is 0 Å². The van der Waals surface area contributed by atoms with Crippen LogP contribution in [0.2, 0.25) is 0 Å². The number of allylic oxidation sites excluding steroid dienone is 1. The lowest BCUT2D eigenvalue weighted by molar-refractivity contribution is -0.137. The zero-order chi connectivity index (χ0) is 14.4. The lowest BCUT2D eigenvalue weighted by Gasteiger charge is -2.19. The number of halogens is 2. The summed E-state index contributed by atoms with van der Waals surface area (Å²) in [4.78, 5) is 35.7. The second kappa shape index (κ2) is 4.58. The molecule has 0 amide bonds. The van der Waals surface area contributed by atoms with E-state index in [2.05, 4.69) is 0 Å². The molecule has 3 rings (SSSR count). The molecule has 0 saturated carbocycles. The van der Waals surface area contributed by atoms with Crippen molar-refractivity contribution in [2.45, 2.75) is 6.10 Å². The van der Waals surface area contributed by atoms with Gasteiger partial charge in [0.25, 0.3) is 0 Å². The van der Waals surface area contributed by atoms with E-state index in [9.17, 15) is 14.4 Å². The second-order valence-corrected chi connectivity index (χ2v) is 5.07. The first-order valence-corrected chi connectivity index (χ1v) is 6.42. The van der Waals surface area contributed by atoms with Crippen molar-refractivity contribution < 1.29 is 19.1 Å². The highest BCUT2D eigenvalue weighted by atomic mass is 35.5. The van der Waals surface area contributed by atoms with E-state index in [4.69, 9.17) is 27.9 Å². The molecule has 1 unspecified atom stereocenters. The first kappa shape index (κ1) is 13.1. The summed E-state index contributed by atoms with van der Waals surface area (Å²) >= 11 is 11.6. The van der Waals surface area contributed by atoms with Crippen molar-refractivity contribution in [3.05, 3.63) is 57.1 Å². The van der Waals surface area contributed by atoms with Crippen LogP contribution in [0, 0.1) is 0 Å². The predicted molar refractivity (Wildman–Crippen MR) is 71.8 cm³/mol. The summed E-state index contributed by atoms with van der Waals surface area (Å²) in [6.07, 6.45) is 0.0296. The van der Waals surface area contributed by atoms with Crippen LogP contribution in [0.25, 0.3) is 0 Å². The van der Waals surface area contributed by atoms with E-state index < -0.39 is 17.9 Å². The fraction of sp³-hybridized carbons (Fsp3) is 0.0714. The third-order valence-corrected chi connectivity index (χ3v) is 3.95. The van der Waals surface area contributed by atoms with Crippen molar-refractivity contribution in [3.63, 3.8) is 0 Å². The zero-order valence-corrected chi connectivity index (χ0v) is 11.4. The van der Waals surface area contributed by atoms with E-state index in [0.29, 0.717) is 5.56 Å². The molecular weight excluding hydrogens is 303 g/mol. The van der Waals surface area contributed by atoms with Crippen LogP contribution >= 0.6 is 23.2 Å². The molecule has 0 aromatic heterocycles. The topological polar surface area (TPSA) is 60.4 Å². The Kier molecular flexibility index (Phi) is 3.00. The van der Waals surface area contributed by atoms with Crippen LogP contribution in [0.15, 0.2) is 46.0 Å². The van der Waals surface area contributed by atoms with Crippen LogP contribution in [0.4, 0.5) is 0 Å². The quantitative estimate of drug-likeness (QED) is 0.748. The summed E-state index contributed by atoms with van der Waals surface area (Å²) < 4.78 is 4.94. The van der Waals surface area contributed by atoms with Crippen LogP contribution in [-0.4, -0.2) is 23.6 Å². The van der Waals surface area contributed by atoms with Crippen molar-refractivity contribution in [3.8, 4) is 0 Å². The van der Waals surface area contributed by atoms with E-state index in [-0.39, 0.29) is 27.0 Å². The normalized spacial score (nSPS) is 21.8. The van der Waals surface area contributed by atoms with Gasteiger partial charge in [-0.15, -0.1) is 0 Å². The minimum absolute atomic E-state index is 0.0164. The number of carbonyl (C=O) groups is 3. The molecule has 1 heterocycles. The number of Topliss-reactive ketones (excluding diaryl/α,β-unsaturated/α-hetero) is 1. The Bertz CT molecular complexity index is 730. The lowest BCUT2D eigenvalue weighted by Crippen LogP contribution is -2.26. The molecule has 20 heavy (non-hydrogen) atoms. The number of carbonyl (C=O) groups excluding carboxylic acids is 3. The van der Waals surface area contributed by atoms with Gasteiger partial charge in [-0.05, 0) is 6.08 Å². The van der Waals surface area contributed by atoms with Crippen molar-refractivity contribution >= 4 is 40.7 Å². The SMILES string of the molecule is O=C1OC(C2=CC(=O)c3ccccc3C2=O)C(Cl)=C1Cl. The van der Waals surface area contributed by atoms with Crippen LogP contribution in [0.1, 0.15) is 20.7 Å². The summed E-state index contributed by atoms with van der Waals surface area (Å²) in [5, 5.41) is -0.347. The Labute approximate surface area is 123 Å². The van der Waals surface area contributed by atoms with Crippen molar-refractivity contribution in [2.24, 2.45) is 0 Å². The maximum Gasteiger partial charge on any atom is 0.352 e. The molecule has 1 atom stereocenters. The van der Waals surface area contributed by atoms with Gasteiger partial charge in [0, 0.05) is 16.7 Å². The Balaban J connectivity index is 2.08. The molecule has 1 aliphatic heterocycles. The molecule has 100 valence electrons. The van der Waals surface area contributed by atoms with Gasteiger partial charge in [-0.1, -0.05) is 47.5 Å². The Morgan fingerprint density at radius 2 is 1.65 bits per heavy atom. The highest BCUT2D eigenvalue weighted by Crippen LogP contribution is 2.35. The van der Waals surface area contributed by atoms with E-state index in [1.807, 2.05) is 0 Å². The third-order valence-electron chi connectivity index (χ3n) is 3.11. The number of benzene rings is 1. The predicted octanol–water partition coefficient (Wildman–Crippen LogP) is 2.61. The van der Waals surface area contributed by atoms with E-state index in [1.54, 1.807) is 24.3 Å². The van der Waals surface area contributed by atoms with Gasteiger partial charge in [0.2, 0.25) is 0 Å². The number of esters is 1. The first-order valence-electron chi connectivity index (χ1n) is 5.66. The number of hydrogen-bond donors (Lipinski definition) is 0. The fourth-order valence-corrected chi connectivity index (χ4v) is 2.54. The van der Waals surface area contributed by atoms with Gasteiger partial charge in [0.1, 0.15) is 5.03 Å². The standard InChI is InChI=1S/C14H6Cl2O4/c15-10-11(16)14(19)20-13(10)8-5-9(17)6-3-1-2-4-7(6)12(8)18/h1-5,13H. The van der Waals surface area contributed by atoms with Crippen LogP contribution < -0.4 is 0 Å². The third kappa shape index (κ3) is 1.80. The highest BCUT2D eigenvalue weighted by Gasteiger charge is 2.40. The molecule has 0 saturated heterocycles. The summed E-state index contributed by atoms with van der Waals surface area (Å²) in [5.41, 5.74) is 0.595. The maximum atomic E-state index is 12.4. The number of ketones is 2. The molecule has 1 aliphatic carbocycles. The molecule has 1 aromatic rings. The number of ether oxygens (including phenoxy) is 1. The van der Waals surface area contributed by atoms with Gasteiger partial charge in [-0.3, -0.25) is 9.59 Å². The average Bonchev–Trinajstić information content (AvgIpc) is 2.70.